The Balaban J connectivity index is 1.59. The van der Waals surface area contributed by atoms with E-state index in [1.807, 2.05) is 79.7 Å². The Morgan fingerprint density at radius 2 is 1.72 bits per heavy atom. The van der Waals surface area contributed by atoms with E-state index in [0.717, 1.165) is 43.9 Å². The highest BCUT2D eigenvalue weighted by Crippen LogP contribution is 2.37. The predicted octanol–water partition coefficient (Wildman–Crippen LogP) is 6.29. The van der Waals surface area contributed by atoms with Gasteiger partial charge in [0.05, 0.1) is 21.4 Å². The Kier molecular flexibility index (Phi) is 5.31. The van der Waals surface area contributed by atoms with Crippen molar-refractivity contribution in [2.45, 2.75) is 6.92 Å². The molecule has 3 N–H and O–H groups in total. The summed E-state index contributed by atoms with van der Waals surface area (Å²) >= 11 is 6.44. The lowest BCUT2D eigenvalue weighted by molar-refractivity contribution is 0.0956. The number of H-pyrrole nitrogens is 2. The molecule has 6 rings (SSSR count). The van der Waals surface area contributed by atoms with Crippen LogP contribution < -0.4 is 10.9 Å². The van der Waals surface area contributed by atoms with Crippen molar-refractivity contribution < 1.29 is 4.79 Å². The highest BCUT2D eigenvalue weighted by molar-refractivity contribution is 6.33. The lowest BCUT2D eigenvalue weighted by Gasteiger charge is -2.09. The molecule has 0 aliphatic rings. The first kappa shape index (κ1) is 22.1. The van der Waals surface area contributed by atoms with Crippen LogP contribution in [-0.2, 0) is 0 Å². The number of carbonyl (C=O) groups is 1. The number of aromatic nitrogens is 3. The molecule has 0 bridgehead atoms. The maximum atomic E-state index is 13.0. The number of hydrogen-bond acceptors (Lipinski definition) is 3. The molecule has 0 radical (unpaired) electrons. The van der Waals surface area contributed by atoms with Gasteiger partial charge in [-0.05, 0) is 59.8 Å². The number of nitrogens with zero attached hydrogens (tertiary/aromatic N) is 1. The fourth-order valence-electron chi connectivity index (χ4n) is 4.71. The minimum Gasteiger partial charge on any atom is -0.352 e. The first-order valence-corrected chi connectivity index (χ1v) is 12.0. The minimum absolute atomic E-state index is 0.102. The summed E-state index contributed by atoms with van der Waals surface area (Å²) in [5.41, 5.74) is 4.68. The van der Waals surface area contributed by atoms with Gasteiger partial charge in [0.15, 0.2) is 0 Å². The summed E-state index contributed by atoms with van der Waals surface area (Å²) in [6, 6.07) is 22.9. The van der Waals surface area contributed by atoms with Gasteiger partial charge >= 0.3 is 0 Å². The molecule has 6 aromatic rings. The van der Waals surface area contributed by atoms with Gasteiger partial charge in [-0.25, -0.2) is 4.98 Å². The molecular weight excluding hydrogens is 472 g/mol. The minimum atomic E-state index is -0.169. The van der Waals surface area contributed by atoms with Crippen molar-refractivity contribution in [3.05, 3.63) is 99.9 Å². The van der Waals surface area contributed by atoms with Crippen molar-refractivity contribution in [3.8, 4) is 22.5 Å². The third-order valence-electron chi connectivity index (χ3n) is 6.42. The molecule has 36 heavy (non-hydrogen) atoms. The lowest BCUT2D eigenvalue weighted by Crippen LogP contribution is -2.22. The third kappa shape index (κ3) is 3.54. The monoisotopic (exact) mass is 492 g/mol. The van der Waals surface area contributed by atoms with Crippen LogP contribution in [0.4, 0.5) is 0 Å². The maximum absolute atomic E-state index is 13.0. The molecule has 6 nitrogen and oxygen atoms in total. The molecule has 2 aromatic heterocycles. The zero-order valence-electron chi connectivity index (χ0n) is 19.4. The number of pyridine rings is 1. The highest BCUT2D eigenvalue weighted by Gasteiger charge is 2.17. The average Bonchev–Trinajstić information content (AvgIpc) is 3.35. The molecule has 0 aliphatic heterocycles. The Bertz CT molecular complexity index is 1850. The van der Waals surface area contributed by atoms with E-state index in [-0.39, 0.29) is 11.5 Å². The Hall–Kier alpha value is -4.42. The van der Waals surface area contributed by atoms with Gasteiger partial charge in [0.25, 0.3) is 11.5 Å². The van der Waals surface area contributed by atoms with Crippen LogP contribution in [0.5, 0.6) is 0 Å². The topological polar surface area (TPSA) is 90.6 Å². The number of fused-ring (bicyclic) bond motifs is 6. The van der Waals surface area contributed by atoms with Crippen LogP contribution in [0.1, 0.15) is 17.3 Å². The molecule has 2 heterocycles. The number of rotatable bonds is 4. The number of carbonyl (C=O) groups excluding carboxylic acids is 1. The second-order valence-corrected chi connectivity index (χ2v) is 8.99. The summed E-state index contributed by atoms with van der Waals surface area (Å²) < 4.78 is 0. The summed E-state index contributed by atoms with van der Waals surface area (Å²) in [5.74, 6) is 0.546. The van der Waals surface area contributed by atoms with Crippen molar-refractivity contribution in [2.75, 3.05) is 6.54 Å². The predicted molar refractivity (Wildman–Crippen MR) is 146 cm³/mol. The van der Waals surface area contributed by atoms with Crippen LogP contribution in [-0.4, -0.2) is 27.4 Å². The van der Waals surface area contributed by atoms with E-state index in [0.29, 0.717) is 28.3 Å². The number of amides is 1. The second kappa shape index (κ2) is 8.66. The van der Waals surface area contributed by atoms with Crippen LogP contribution in [0.15, 0.2) is 83.8 Å². The molecule has 1 amide bonds. The summed E-state index contributed by atoms with van der Waals surface area (Å²) in [6.07, 6.45) is 1.65. The van der Waals surface area contributed by atoms with Crippen LogP contribution in [0.25, 0.3) is 55.1 Å². The van der Waals surface area contributed by atoms with Crippen molar-refractivity contribution in [1.29, 1.82) is 0 Å². The molecule has 0 saturated carbocycles. The van der Waals surface area contributed by atoms with E-state index >= 15 is 0 Å². The molecule has 0 fully saturated rings. The summed E-state index contributed by atoms with van der Waals surface area (Å²) in [5, 5.41) is 6.46. The average molecular weight is 493 g/mol. The molecule has 4 aromatic carbocycles. The van der Waals surface area contributed by atoms with Gasteiger partial charge in [-0.3, -0.25) is 9.59 Å². The first-order chi connectivity index (χ1) is 17.5. The standard InChI is InChI=1S/C29H21ClN4O2/c1-2-31-28(35)17-9-7-16(8-10-17)18-11-12-19-22(15-18)24-21(13-14-32-29(24)36)26-25(19)33-27(34-26)20-5-3-4-6-23(20)30/h3-15H,2H2,1H3,(H,31,35)(H,32,36)(H,33,34). The molecule has 0 saturated heterocycles. The largest absolute Gasteiger partial charge is 0.352 e. The van der Waals surface area contributed by atoms with Crippen LogP contribution >= 0.6 is 11.6 Å². The SMILES string of the molecule is CCNC(=O)c1ccc(-c2ccc3c(c2)c2c(=O)[nH]ccc2c2[nH]c(-c4ccccc4Cl)nc32)cc1. The molecular formula is C29H21ClN4O2. The summed E-state index contributed by atoms with van der Waals surface area (Å²) in [6.45, 7) is 2.47. The van der Waals surface area contributed by atoms with Gasteiger partial charge in [-0.15, -0.1) is 0 Å². The fourth-order valence-corrected chi connectivity index (χ4v) is 4.94. The van der Waals surface area contributed by atoms with E-state index in [9.17, 15) is 9.59 Å². The molecule has 7 heteroatoms. The molecule has 0 aliphatic carbocycles. The normalized spacial score (nSPS) is 11.4. The molecule has 0 spiro atoms. The van der Waals surface area contributed by atoms with E-state index < -0.39 is 0 Å². The highest BCUT2D eigenvalue weighted by atomic mass is 35.5. The fraction of sp³-hybridized carbons (Fsp3) is 0.0690. The quantitative estimate of drug-likeness (QED) is 0.252. The number of halogens is 1. The number of benzene rings is 4. The zero-order valence-corrected chi connectivity index (χ0v) is 20.1. The van der Waals surface area contributed by atoms with Crippen molar-refractivity contribution in [1.82, 2.24) is 20.3 Å². The van der Waals surface area contributed by atoms with Crippen molar-refractivity contribution in [3.63, 3.8) is 0 Å². The van der Waals surface area contributed by atoms with E-state index in [2.05, 4.69) is 15.3 Å². The van der Waals surface area contributed by atoms with Gasteiger partial charge in [0.1, 0.15) is 5.82 Å². The summed E-state index contributed by atoms with van der Waals surface area (Å²) in [4.78, 5) is 36.3. The number of aromatic amines is 2. The number of nitrogens with one attached hydrogen (secondary N) is 3. The zero-order chi connectivity index (χ0) is 24.8. The van der Waals surface area contributed by atoms with Crippen LogP contribution in [0.2, 0.25) is 5.02 Å². The van der Waals surface area contributed by atoms with Gasteiger partial charge in [-0.1, -0.05) is 48.0 Å². The van der Waals surface area contributed by atoms with Gasteiger partial charge in [0.2, 0.25) is 0 Å². The van der Waals surface area contributed by atoms with Crippen molar-refractivity contribution in [2.24, 2.45) is 0 Å². The van der Waals surface area contributed by atoms with E-state index in [4.69, 9.17) is 16.6 Å². The molecule has 176 valence electrons. The van der Waals surface area contributed by atoms with Gasteiger partial charge in [0, 0.05) is 34.6 Å². The summed E-state index contributed by atoms with van der Waals surface area (Å²) in [7, 11) is 0. The molecule has 0 atom stereocenters. The Labute approximate surface area is 211 Å². The third-order valence-corrected chi connectivity index (χ3v) is 6.75. The van der Waals surface area contributed by atoms with Crippen molar-refractivity contribution >= 4 is 50.1 Å². The number of hydrogen-bond donors (Lipinski definition) is 3. The van der Waals surface area contributed by atoms with Gasteiger partial charge in [-0.2, -0.15) is 0 Å². The van der Waals surface area contributed by atoms with Crippen LogP contribution in [0, 0.1) is 0 Å². The van der Waals surface area contributed by atoms with E-state index in [1.54, 1.807) is 6.20 Å². The first-order valence-electron chi connectivity index (χ1n) is 11.7. The molecule has 0 unspecified atom stereocenters. The van der Waals surface area contributed by atoms with E-state index in [1.165, 1.54) is 0 Å². The van der Waals surface area contributed by atoms with Gasteiger partial charge < -0.3 is 15.3 Å². The lowest BCUT2D eigenvalue weighted by atomic mass is 9.96. The maximum Gasteiger partial charge on any atom is 0.256 e. The second-order valence-electron chi connectivity index (χ2n) is 8.58. The Morgan fingerprint density at radius 3 is 2.50 bits per heavy atom. The smallest absolute Gasteiger partial charge is 0.256 e. The number of imidazole rings is 1. The Morgan fingerprint density at radius 1 is 0.944 bits per heavy atom. The van der Waals surface area contributed by atoms with Crippen LogP contribution in [0.3, 0.4) is 0 Å².